The molecule has 0 spiro atoms. The van der Waals surface area contributed by atoms with Gasteiger partial charge in [0.2, 0.25) is 5.88 Å². The van der Waals surface area contributed by atoms with Crippen molar-refractivity contribution in [1.82, 2.24) is 4.98 Å². The number of carbonyl (C=O) groups is 1. The van der Waals surface area contributed by atoms with Crippen LogP contribution in [0.5, 0.6) is 5.88 Å². The van der Waals surface area contributed by atoms with Gasteiger partial charge in [0, 0.05) is 18.3 Å². The maximum absolute atomic E-state index is 12.1. The molecule has 0 aromatic carbocycles. The molecule has 0 radical (unpaired) electrons. The maximum atomic E-state index is 12.1. The van der Waals surface area contributed by atoms with Crippen molar-refractivity contribution in [1.29, 1.82) is 0 Å². The standard InChI is InChI=1S/C11H13F3N2O3/c1-6-8(4-10(17)18-2)7(5-15)3-9(16-6)19-11(12,13)14/h3H,4-5,15H2,1-2H3. The maximum Gasteiger partial charge on any atom is 0.574 e. The van der Waals surface area contributed by atoms with Gasteiger partial charge in [-0.3, -0.25) is 4.79 Å². The Morgan fingerprint density at radius 2 is 2.11 bits per heavy atom. The van der Waals surface area contributed by atoms with Gasteiger partial charge >= 0.3 is 12.3 Å². The summed E-state index contributed by atoms with van der Waals surface area (Å²) in [6.07, 6.45) is -4.93. The summed E-state index contributed by atoms with van der Waals surface area (Å²) >= 11 is 0. The van der Waals surface area contributed by atoms with Gasteiger partial charge in [-0.05, 0) is 18.1 Å². The largest absolute Gasteiger partial charge is 0.574 e. The van der Waals surface area contributed by atoms with Crippen molar-refractivity contribution >= 4 is 5.97 Å². The predicted octanol–water partition coefficient (Wildman–Crippen LogP) is 1.46. The lowest BCUT2D eigenvalue weighted by molar-refractivity contribution is -0.276. The Kier molecular flexibility index (Phi) is 4.71. The summed E-state index contributed by atoms with van der Waals surface area (Å²) in [6.45, 7) is 1.44. The molecule has 19 heavy (non-hydrogen) atoms. The first-order valence-corrected chi connectivity index (χ1v) is 5.29. The quantitative estimate of drug-likeness (QED) is 0.844. The minimum absolute atomic E-state index is 0.0378. The minimum Gasteiger partial charge on any atom is -0.469 e. The van der Waals surface area contributed by atoms with Crippen molar-refractivity contribution in [2.24, 2.45) is 5.73 Å². The van der Waals surface area contributed by atoms with Gasteiger partial charge in [-0.1, -0.05) is 0 Å². The summed E-state index contributed by atoms with van der Waals surface area (Å²) in [7, 11) is 1.22. The van der Waals surface area contributed by atoms with E-state index in [1.165, 1.54) is 14.0 Å². The van der Waals surface area contributed by atoms with E-state index in [0.29, 0.717) is 11.1 Å². The summed E-state index contributed by atoms with van der Waals surface area (Å²) in [5.74, 6) is -1.12. The zero-order chi connectivity index (χ0) is 14.6. The molecule has 0 aliphatic rings. The number of rotatable bonds is 4. The van der Waals surface area contributed by atoms with Crippen molar-refractivity contribution in [2.75, 3.05) is 7.11 Å². The van der Waals surface area contributed by atoms with Crippen molar-refractivity contribution in [2.45, 2.75) is 26.3 Å². The zero-order valence-electron chi connectivity index (χ0n) is 10.4. The molecule has 106 valence electrons. The Hall–Kier alpha value is -1.83. The predicted molar refractivity (Wildman–Crippen MR) is 59.3 cm³/mol. The van der Waals surface area contributed by atoms with Gasteiger partial charge in [0.05, 0.1) is 13.5 Å². The van der Waals surface area contributed by atoms with Gasteiger partial charge in [-0.2, -0.15) is 0 Å². The average Bonchev–Trinajstić information content (AvgIpc) is 2.29. The molecule has 1 aromatic heterocycles. The number of nitrogens with two attached hydrogens (primary N) is 1. The van der Waals surface area contributed by atoms with Crippen LogP contribution in [0.2, 0.25) is 0 Å². The van der Waals surface area contributed by atoms with Crippen LogP contribution < -0.4 is 10.5 Å². The number of carbonyl (C=O) groups excluding carboxylic acids is 1. The number of halogens is 3. The molecule has 1 rings (SSSR count). The fourth-order valence-corrected chi connectivity index (χ4v) is 1.54. The number of ether oxygens (including phenoxy) is 2. The van der Waals surface area contributed by atoms with Crippen LogP contribution in [-0.2, 0) is 22.5 Å². The molecular formula is C11H13F3N2O3. The third kappa shape index (κ3) is 4.40. The number of aryl methyl sites for hydroxylation is 1. The first-order valence-electron chi connectivity index (χ1n) is 5.29. The Morgan fingerprint density at radius 1 is 1.47 bits per heavy atom. The summed E-state index contributed by atoms with van der Waals surface area (Å²) < 4.78 is 44.5. The highest BCUT2D eigenvalue weighted by atomic mass is 19.4. The molecule has 0 atom stereocenters. The highest BCUT2D eigenvalue weighted by molar-refractivity contribution is 5.73. The van der Waals surface area contributed by atoms with E-state index in [-0.39, 0.29) is 18.7 Å². The van der Waals surface area contributed by atoms with Crippen LogP contribution in [0.4, 0.5) is 13.2 Å². The van der Waals surface area contributed by atoms with Crippen molar-refractivity contribution in [3.63, 3.8) is 0 Å². The number of hydrogen-bond donors (Lipinski definition) is 1. The van der Waals surface area contributed by atoms with Gasteiger partial charge in [-0.25, -0.2) is 4.98 Å². The smallest absolute Gasteiger partial charge is 0.469 e. The van der Waals surface area contributed by atoms with Gasteiger partial charge in [0.25, 0.3) is 0 Å². The second-order valence-electron chi connectivity index (χ2n) is 3.69. The second kappa shape index (κ2) is 5.87. The third-order valence-electron chi connectivity index (χ3n) is 2.39. The monoisotopic (exact) mass is 278 g/mol. The highest BCUT2D eigenvalue weighted by Crippen LogP contribution is 2.25. The van der Waals surface area contributed by atoms with Gasteiger partial charge < -0.3 is 15.2 Å². The second-order valence-corrected chi connectivity index (χ2v) is 3.69. The first-order chi connectivity index (χ1) is 8.76. The van der Waals surface area contributed by atoms with E-state index in [9.17, 15) is 18.0 Å². The summed E-state index contributed by atoms with van der Waals surface area (Å²) in [4.78, 5) is 14.9. The molecule has 8 heteroatoms. The number of hydrogen-bond acceptors (Lipinski definition) is 5. The van der Waals surface area contributed by atoms with Crippen LogP contribution in [0.1, 0.15) is 16.8 Å². The number of pyridine rings is 1. The number of alkyl halides is 3. The lowest BCUT2D eigenvalue weighted by atomic mass is 10.0. The molecule has 1 aromatic rings. The Balaban J connectivity index is 3.11. The van der Waals surface area contributed by atoms with E-state index in [1.54, 1.807) is 0 Å². The van der Waals surface area contributed by atoms with E-state index < -0.39 is 18.2 Å². The number of aromatic nitrogens is 1. The van der Waals surface area contributed by atoms with Gasteiger partial charge in [-0.15, -0.1) is 13.2 Å². The fourth-order valence-electron chi connectivity index (χ4n) is 1.54. The SMILES string of the molecule is COC(=O)Cc1c(CN)cc(OC(F)(F)F)nc1C. The van der Waals surface area contributed by atoms with E-state index in [4.69, 9.17) is 5.73 Å². The summed E-state index contributed by atoms with van der Waals surface area (Å²) in [5, 5.41) is 0. The van der Waals surface area contributed by atoms with Crippen LogP contribution in [0.3, 0.4) is 0 Å². The Bertz CT molecular complexity index is 475. The van der Waals surface area contributed by atoms with Crippen LogP contribution in [0, 0.1) is 6.92 Å². The molecule has 0 unspecified atom stereocenters. The van der Waals surface area contributed by atoms with E-state index in [0.717, 1.165) is 6.07 Å². The zero-order valence-corrected chi connectivity index (χ0v) is 10.4. The van der Waals surface area contributed by atoms with E-state index >= 15 is 0 Å². The van der Waals surface area contributed by atoms with Crippen molar-refractivity contribution in [3.8, 4) is 5.88 Å². The third-order valence-corrected chi connectivity index (χ3v) is 2.39. The van der Waals surface area contributed by atoms with Gasteiger partial charge in [0.1, 0.15) is 0 Å². The molecule has 5 nitrogen and oxygen atoms in total. The molecule has 0 aliphatic heterocycles. The van der Waals surface area contributed by atoms with Crippen LogP contribution in [0.15, 0.2) is 6.07 Å². The molecule has 0 aliphatic carbocycles. The van der Waals surface area contributed by atoms with Crippen LogP contribution in [0.25, 0.3) is 0 Å². The molecule has 0 saturated carbocycles. The van der Waals surface area contributed by atoms with Crippen LogP contribution in [-0.4, -0.2) is 24.4 Å². The normalized spacial score (nSPS) is 11.3. The Morgan fingerprint density at radius 3 is 2.58 bits per heavy atom. The number of esters is 1. The topological polar surface area (TPSA) is 74.4 Å². The molecule has 0 amide bonds. The van der Waals surface area contributed by atoms with E-state index in [2.05, 4.69) is 14.5 Å². The summed E-state index contributed by atoms with van der Waals surface area (Å²) in [6, 6.07) is 1.07. The molecule has 0 bridgehead atoms. The van der Waals surface area contributed by atoms with Crippen molar-refractivity contribution < 1.29 is 27.4 Å². The molecule has 2 N–H and O–H groups in total. The average molecular weight is 278 g/mol. The lowest BCUT2D eigenvalue weighted by Crippen LogP contribution is -2.19. The molecule has 0 saturated heterocycles. The minimum atomic E-state index is -4.82. The highest BCUT2D eigenvalue weighted by Gasteiger charge is 2.32. The molecular weight excluding hydrogens is 265 g/mol. The van der Waals surface area contributed by atoms with Crippen molar-refractivity contribution in [3.05, 3.63) is 22.9 Å². The summed E-state index contributed by atoms with van der Waals surface area (Å²) in [5.41, 5.74) is 6.50. The lowest BCUT2D eigenvalue weighted by Gasteiger charge is -2.14. The van der Waals surface area contributed by atoms with Crippen LogP contribution >= 0.6 is 0 Å². The number of methoxy groups -OCH3 is 1. The molecule has 1 heterocycles. The van der Waals surface area contributed by atoms with Gasteiger partial charge in [0.15, 0.2) is 0 Å². The van der Waals surface area contributed by atoms with E-state index in [1.807, 2.05) is 0 Å². The fraction of sp³-hybridized carbons (Fsp3) is 0.455. The number of nitrogens with zero attached hydrogens (tertiary/aromatic N) is 1. The molecule has 0 fully saturated rings. The first kappa shape index (κ1) is 15.2. The Labute approximate surface area is 107 Å².